The fourth-order valence-electron chi connectivity index (χ4n) is 2.89. The predicted molar refractivity (Wildman–Crippen MR) is 106 cm³/mol. The summed E-state index contributed by atoms with van der Waals surface area (Å²) < 4.78 is 4.55. The molecule has 152 valence electrons. The molecule has 11 heteroatoms. The van der Waals surface area contributed by atoms with Crippen molar-refractivity contribution in [2.24, 2.45) is 0 Å². The van der Waals surface area contributed by atoms with E-state index in [1.165, 1.54) is 19.4 Å². The van der Waals surface area contributed by atoms with E-state index in [0.29, 0.717) is 37.6 Å². The molecule has 29 heavy (non-hydrogen) atoms. The third-order valence-corrected chi connectivity index (χ3v) is 4.40. The Hall–Kier alpha value is -3.89. The van der Waals surface area contributed by atoms with Gasteiger partial charge in [0, 0.05) is 43.6 Å². The van der Waals surface area contributed by atoms with Gasteiger partial charge in [0.2, 0.25) is 0 Å². The monoisotopic (exact) mass is 400 g/mol. The number of hydrogen-bond donors (Lipinski definition) is 2. The first kappa shape index (κ1) is 19.9. The number of piperazine rings is 1. The summed E-state index contributed by atoms with van der Waals surface area (Å²) in [5.74, 6) is -0.198. The largest absolute Gasteiger partial charge is 0.453 e. The van der Waals surface area contributed by atoms with Gasteiger partial charge in [-0.2, -0.15) is 0 Å². The number of aromatic nitrogens is 1. The zero-order valence-corrected chi connectivity index (χ0v) is 15.7. The van der Waals surface area contributed by atoms with E-state index in [4.69, 9.17) is 0 Å². The Morgan fingerprint density at radius 1 is 1.10 bits per heavy atom. The number of nitrogens with zero attached hydrogens (tertiary/aromatic N) is 4. The van der Waals surface area contributed by atoms with Gasteiger partial charge in [0.15, 0.2) is 6.20 Å². The molecule has 0 saturated carbocycles. The van der Waals surface area contributed by atoms with Crippen LogP contribution in [0.5, 0.6) is 0 Å². The van der Waals surface area contributed by atoms with Crippen molar-refractivity contribution in [3.63, 3.8) is 0 Å². The van der Waals surface area contributed by atoms with E-state index >= 15 is 0 Å². The molecule has 3 amide bonds. The minimum atomic E-state index is -0.592. The minimum Gasteiger partial charge on any atom is -0.453 e. The molecule has 1 aliphatic rings. The quantitative estimate of drug-likeness (QED) is 0.596. The number of hydrogen-bond acceptors (Lipinski definition) is 7. The molecular weight excluding hydrogens is 380 g/mol. The Kier molecular flexibility index (Phi) is 6.07. The molecule has 11 nitrogen and oxygen atoms in total. The number of urea groups is 1. The van der Waals surface area contributed by atoms with Gasteiger partial charge in [-0.1, -0.05) is 6.07 Å². The lowest BCUT2D eigenvalue weighted by Gasteiger charge is -2.35. The van der Waals surface area contributed by atoms with Crippen molar-refractivity contribution in [2.75, 3.05) is 48.8 Å². The highest BCUT2D eigenvalue weighted by Gasteiger charge is 2.22. The first-order chi connectivity index (χ1) is 14.0. The van der Waals surface area contributed by atoms with E-state index in [2.05, 4.69) is 20.4 Å². The molecule has 2 N–H and O–H groups in total. The zero-order chi connectivity index (χ0) is 20.8. The fraction of sp³-hybridized carbons (Fsp3) is 0.278. The molecule has 1 aliphatic heterocycles. The van der Waals surface area contributed by atoms with Gasteiger partial charge in [-0.05, 0) is 34.2 Å². The molecule has 1 aromatic carbocycles. The third kappa shape index (κ3) is 5.09. The molecule has 0 unspecified atom stereocenters. The molecule has 2 heterocycles. The molecule has 1 saturated heterocycles. The van der Waals surface area contributed by atoms with Gasteiger partial charge < -0.3 is 30.0 Å². The summed E-state index contributed by atoms with van der Waals surface area (Å²) in [4.78, 5) is 41.5. The van der Waals surface area contributed by atoms with Gasteiger partial charge in [0.25, 0.3) is 0 Å². The summed E-state index contributed by atoms with van der Waals surface area (Å²) in [5.41, 5.74) is 1.83. The molecule has 1 aromatic heterocycles. The molecule has 2 aromatic rings. The van der Waals surface area contributed by atoms with E-state index in [1.807, 2.05) is 4.90 Å². The van der Waals surface area contributed by atoms with Gasteiger partial charge in [-0.15, -0.1) is 0 Å². The normalized spacial score (nSPS) is 13.6. The average Bonchev–Trinajstić information content (AvgIpc) is 2.74. The van der Waals surface area contributed by atoms with Crippen molar-refractivity contribution in [2.45, 2.75) is 0 Å². The predicted octanol–water partition coefficient (Wildman–Crippen LogP) is 2.52. The second-order valence-electron chi connectivity index (χ2n) is 6.23. The highest BCUT2D eigenvalue weighted by atomic mass is 16.6. The SMILES string of the molecule is COC(=O)Nc1cccc(NC(=O)N2CCN(c3ccc([N+](=O)[O-])nc3)CC2)c1. The number of ether oxygens (including phenoxy) is 1. The van der Waals surface area contributed by atoms with E-state index in [0.717, 1.165) is 5.69 Å². The van der Waals surface area contributed by atoms with E-state index in [-0.39, 0.29) is 11.8 Å². The second-order valence-corrected chi connectivity index (χ2v) is 6.23. The molecule has 0 bridgehead atoms. The van der Waals surface area contributed by atoms with Crippen molar-refractivity contribution in [3.8, 4) is 0 Å². The van der Waals surface area contributed by atoms with Crippen LogP contribution in [0, 0.1) is 10.1 Å². The summed E-state index contributed by atoms with van der Waals surface area (Å²) in [6.45, 7) is 2.14. The number of methoxy groups -OCH3 is 1. The Balaban J connectivity index is 1.54. The smallest absolute Gasteiger partial charge is 0.411 e. The maximum absolute atomic E-state index is 12.5. The second kappa shape index (κ2) is 8.87. The summed E-state index contributed by atoms with van der Waals surface area (Å²) in [6.07, 6.45) is 0.874. The first-order valence-corrected chi connectivity index (χ1v) is 8.82. The number of carbonyl (C=O) groups excluding carboxylic acids is 2. The number of amides is 3. The number of nitrogens with one attached hydrogen (secondary N) is 2. The highest BCUT2D eigenvalue weighted by Crippen LogP contribution is 2.19. The Morgan fingerprint density at radius 3 is 2.38 bits per heavy atom. The molecule has 0 aliphatic carbocycles. The van der Waals surface area contributed by atoms with Crippen LogP contribution in [0.15, 0.2) is 42.6 Å². The third-order valence-electron chi connectivity index (χ3n) is 4.40. The van der Waals surface area contributed by atoms with Gasteiger partial charge in [0.05, 0.1) is 12.8 Å². The van der Waals surface area contributed by atoms with Gasteiger partial charge >= 0.3 is 17.9 Å². The lowest BCUT2D eigenvalue weighted by Crippen LogP contribution is -2.50. The van der Waals surface area contributed by atoms with Crippen molar-refractivity contribution in [3.05, 3.63) is 52.7 Å². The highest BCUT2D eigenvalue weighted by molar-refractivity contribution is 5.91. The van der Waals surface area contributed by atoms with Crippen LogP contribution >= 0.6 is 0 Å². The molecule has 0 radical (unpaired) electrons. The maximum Gasteiger partial charge on any atom is 0.411 e. The molecule has 0 atom stereocenters. The van der Waals surface area contributed by atoms with Crippen LogP contribution in [0.25, 0.3) is 0 Å². The van der Waals surface area contributed by atoms with E-state index < -0.39 is 11.0 Å². The number of rotatable bonds is 4. The summed E-state index contributed by atoms with van der Waals surface area (Å²) in [7, 11) is 1.27. The van der Waals surface area contributed by atoms with Gasteiger partial charge in [0.1, 0.15) is 0 Å². The zero-order valence-electron chi connectivity index (χ0n) is 15.7. The van der Waals surface area contributed by atoms with Gasteiger partial charge in [-0.3, -0.25) is 5.32 Å². The number of carbonyl (C=O) groups is 2. The lowest BCUT2D eigenvalue weighted by molar-refractivity contribution is -0.389. The maximum atomic E-state index is 12.5. The van der Waals surface area contributed by atoms with Crippen LogP contribution in [-0.2, 0) is 4.74 Å². The molecular formula is C18H20N6O5. The van der Waals surface area contributed by atoms with E-state index in [9.17, 15) is 19.7 Å². The van der Waals surface area contributed by atoms with E-state index in [1.54, 1.807) is 35.2 Å². The summed E-state index contributed by atoms with van der Waals surface area (Å²) >= 11 is 0. The van der Waals surface area contributed by atoms with Crippen molar-refractivity contribution in [1.82, 2.24) is 9.88 Å². The molecule has 0 spiro atoms. The van der Waals surface area contributed by atoms with Crippen molar-refractivity contribution >= 4 is 35.0 Å². The Bertz CT molecular complexity index is 896. The van der Waals surface area contributed by atoms with Crippen LogP contribution in [-0.4, -0.2) is 60.2 Å². The van der Waals surface area contributed by atoms with Gasteiger partial charge in [-0.25, -0.2) is 9.59 Å². The molecule has 1 fully saturated rings. The summed E-state index contributed by atoms with van der Waals surface area (Å²) in [6, 6.07) is 9.52. The van der Waals surface area contributed by atoms with Crippen molar-refractivity contribution < 1.29 is 19.2 Å². The summed E-state index contributed by atoms with van der Waals surface area (Å²) in [5, 5.41) is 16.0. The number of nitro groups is 1. The Morgan fingerprint density at radius 2 is 1.79 bits per heavy atom. The lowest BCUT2D eigenvalue weighted by atomic mass is 10.2. The van der Waals surface area contributed by atoms with Crippen molar-refractivity contribution in [1.29, 1.82) is 0 Å². The van der Waals surface area contributed by atoms with Crippen LogP contribution in [0.3, 0.4) is 0 Å². The number of pyridine rings is 1. The van der Waals surface area contributed by atoms with Crippen LogP contribution < -0.4 is 15.5 Å². The number of anilines is 3. The standard InChI is InChI=1S/C18H20N6O5/c1-29-18(26)21-14-4-2-3-13(11-14)20-17(25)23-9-7-22(8-10-23)15-5-6-16(19-12-15)24(27)28/h2-6,11-12H,7-10H2,1H3,(H,20,25)(H,21,26). The Labute approximate surface area is 166 Å². The van der Waals surface area contributed by atoms with Crippen LogP contribution in [0.2, 0.25) is 0 Å². The first-order valence-electron chi connectivity index (χ1n) is 8.82. The fourth-order valence-corrected chi connectivity index (χ4v) is 2.89. The average molecular weight is 400 g/mol. The minimum absolute atomic E-state index is 0.198. The molecule has 3 rings (SSSR count). The number of benzene rings is 1. The topological polar surface area (TPSA) is 130 Å². The van der Waals surface area contributed by atoms with Crippen LogP contribution in [0.4, 0.5) is 32.5 Å². The van der Waals surface area contributed by atoms with Crippen LogP contribution in [0.1, 0.15) is 0 Å².